The fraction of sp³-hybridized carbons (Fsp3) is 0.200. The van der Waals surface area contributed by atoms with Crippen molar-refractivity contribution in [2.45, 2.75) is 13.3 Å². The summed E-state index contributed by atoms with van der Waals surface area (Å²) < 4.78 is 1.42. The number of carbonyl (C=O) groups excluding carboxylic acids is 1. The smallest absolute Gasteiger partial charge is 0.274 e. The van der Waals surface area contributed by atoms with E-state index in [2.05, 4.69) is 20.4 Å². The Hall–Kier alpha value is -2.96. The van der Waals surface area contributed by atoms with E-state index in [0.717, 1.165) is 5.69 Å². The largest absolute Gasteiger partial charge is 0.350 e. The van der Waals surface area contributed by atoms with Crippen molar-refractivity contribution < 1.29 is 4.79 Å². The summed E-state index contributed by atoms with van der Waals surface area (Å²) in [6.45, 7) is 2.22. The van der Waals surface area contributed by atoms with Gasteiger partial charge in [0.25, 0.3) is 11.5 Å². The zero-order chi connectivity index (χ0) is 15.5. The number of aromatic amines is 1. The number of rotatable bonds is 4. The van der Waals surface area contributed by atoms with E-state index in [9.17, 15) is 9.59 Å². The van der Waals surface area contributed by atoms with Crippen LogP contribution in [0.25, 0.3) is 5.52 Å². The van der Waals surface area contributed by atoms with Crippen LogP contribution in [-0.4, -0.2) is 32.0 Å². The average Bonchev–Trinajstić information content (AvgIpc) is 2.92. The van der Waals surface area contributed by atoms with Crippen LogP contribution in [0.1, 0.15) is 21.9 Å². The maximum Gasteiger partial charge on any atom is 0.274 e. The van der Waals surface area contributed by atoms with Crippen LogP contribution in [0, 0.1) is 6.92 Å². The summed E-state index contributed by atoms with van der Waals surface area (Å²) in [5.74, 6) is -0.309. The van der Waals surface area contributed by atoms with Gasteiger partial charge in [-0.15, -0.1) is 0 Å². The van der Waals surface area contributed by atoms with Gasteiger partial charge in [-0.2, -0.15) is 5.10 Å². The van der Waals surface area contributed by atoms with Crippen molar-refractivity contribution in [3.63, 3.8) is 0 Å². The number of aryl methyl sites for hydroxylation is 1. The number of pyridine rings is 1. The lowest BCUT2D eigenvalue weighted by molar-refractivity contribution is 0.0949. The quantitative estimate of drug-likeness (QED) is 0.741. The van der Waals surface area contributed by atoms with Crippen LogP contribution in [0.15, 0.2) is 41.5 Å². The van der Waals surface area contributed by atoms with Crippen LogP contribution in [0.3, 0.4) is 0 Å². The Bertz CT molecular complexity index is 867. The van der Waals surface area contributed by atoms with Gasteiger partial charge in [0.05, 0.1) is 0 Å². The number of nitrogens with zero attached hydrogens (tertiary/aromatic N) is 3. The van der Waals surface area contributed by atoms with Gasteiger partial charge >= 0.3 is 0 Å². The summed E-state index contributed by atoms with van der Waals surface area (Å²) in [5.41, 5.74) is 1.89. The topological polar surface area (TPSA) is 92.2 Å². The Morgan fingerprint density at radius 2 is 2.27 bits per heavy atom. The molecule has 0 aliphatic rings. The Labute approximate surface area is 126 Å². The van der Waals surface area contributed by atoms with Crippen molar-refractivity contribution in [2.75, 3.05) is 6.54 Å². The molecule has 22 heavy (non-hydrogen) atoms. The third-order valence-corrected chi connectivity index (χ3v) is 3.22. The van der Waals surface area contributed by atoms with Gasteiger partial charge in [0.1, 0.15) is 5.52 Å². The summed E-state index contributed by atoms with van der Waals surface area (Å²) in [4.78, 5) is 30.7. The second-order valence-electron chi connectivity index (χ2n) is 4.95. The third-order valence-electron chi connectivity index (χ3n) is 3.22. The summed E-state index contributed by atoms with van der Waals surface area (Å²) in [5, 5.41) is 6.90. The van der Waals surface area contributed by atoms with Crippen molar-refractivity contribution in [3.05, 3.63) is 64.1 Å². The zero-order valence-corrected chi connectivity index (χ0v) is 12.0. The van der Waals surface area contributed by atoms with Crippen molar-refractivity contribution in [1.82, 2.24) is 24.9 Å². The molecule has 0 bridgehead atoms. The first-order valence-corrected chi connectivity index (χ1v) is 6.91. The summed E-state index contributed by atoms with van der Waals surface area (Å²) in [6.07, 6.45) is 4.02. The molecule has 112 valence electrons. The molecule has 0 aliphatic carbocycles. The van der Waals surface area contributed by atoms with Crippen molar-refractivity contribution in [1.29, 1.82) is 0 Å². The zero-order valence-electron chi connectivity index (χ0n) is 12.0. The fourth-order valence-corrected chi connectivity index (χ4v) is 2.17. The van der Waals surface area contributed by atoms with Gasteiger partial charge in [0, 0.05) is 42.8 Å². The Balaban J connectivity index is 1.70. The number of nitrogens with one attached hydrogen (secondary N) is 2. The minimum atomic E-state index is -0.309. The Morgan fingerprint density at radius 3 is 3.05 bits per heavy atom. The number of amides is 1. The molecule has 0 aromatic carbocycles. The Morgan fingerprint density at radius 1 is 1.41 bits per heavy atom. The molecule has 0 saturated heterocycles. The number of aromatic nitrogens is 4. The highest BCUT2D eigenvalue weighted by atomic mass is 16.2. The molecule has 0 unspecified atom stereocenters. The van der Waals surface area contributed by atoms with E-state index < -0.39 is 0 Å². The molecule has 0 radical (unpaired) electrons. The van der Waals surface area contributed by atoms with E-state index in [-0.39, 0.29) is 17.2 Å². The third kappa shape index (κ3) is 2.88. The normalized spacial score (nSPS) is 10.8. The summed E-state index contributed by atoms with van der Waals surface area (Å²) in [6, 6.07) is 7.13. The van der Waals surface area contributed by atoms with Crippen LogP contribution in [0.5, 0.6) is 0 Å². The van der Waals surface area contributed by atoms with E-state index in [4.69, 9.17) is 0 Å². The molecular weight excluding hydrogens is 282 g/mol. The SMILES string of the molecule is Cc1cn2nc(C(=O)NCCc3ccccn3)cc2c(=O)[nH]1. The van der Waals surface area contributed by atoms with E-state index >= 15 is 0 Å². The number of hydrogen-bond donors (Lipinski definition) is 2. The molecule has 3 heterocycles. The van der Waals surface area contributed by atoms with Gasteiger partial charge in [-0.3, -0.25) is 14.6 Å². The minimum Gasteiger partial charge on any atom is -0.350 e. The molecule has 3 aromatic heterocycles. The monoisotopic (exact) mass is 297 g/mol. The fourth-order valence-electron chi connectivity index (χ4n) is 2.17. The highest BCUT2D eigenvalue weighted by Crippen LogP contribution is 2.02. The van der Waals surface area contributed by atoms with E-state index in [0.29, 0.717) is 24.2 Å². The average molecular weight is 297 g/mol. The molecule has 0 spiro atoms. The molecule has 0 fully saturated rings. The van der Waals surface area contributed by atoms with Gasteiger partial charge in [-0.25, -0.2) is 4.52 Å². The van der Waals surface area contributed by atoms with E-state index in [1.54, 1.807) is 19.3 Å². The molecule has 7 heteroatoms. The first-order valence-electron chi connectivity index (χ1n) is 6.91. The van der Waals surface area contributed by atoms with E-state index in [1.165, 1.54) is 10.6 Å². The highest BCUT2D eigenvalue weighted by molar-refractivity contribution is 5.93. The number of H-pyrrole nitrogens is 1. The molecular formula is C15H15N5O2. The highest BCUT2D eigenvalue weighted by Gasteiger charge is 2.12. The van der Waals surface area contributed by atoms with Gasteiger partial charge in [-0.05, 0) is 19.1 Å². The molecule has 0 saturated carbocycles. The number of hydrogen-bond acceptors (Lipinski definition) is 4. The van der Waals surface area contributed by atoms with Crippen LogP contribution in [0.2, 0.25) is 0 Å². The summed E-state index contributed by atoms with van der Waals surface area (Å²) in [7, 11) is 0. The maximum absolute atomic E-state index is 12.1. The Kier molecular flexibility index (Phi) is 3.69. The predicted octanol–water partition coefficient (Wildman–Crippen LogP) is 0.699. The molecule has 3 rings (SSSR count). The van der Waals surface area contributed by atoms with Crippen molar-refractivity contribution in [3.8, 4) is 0 Å². The lowest BCUT2D eigenvalue weighted by atomic mass is 10.2. The molecule has 1 amide bonds. The van der Waals surface area contributed by atoms with Crippen LogP contribution < -0.4 is 10.9 Å². The lowest BCUT2D eigenvalue weighted by Gasteiger charge is -2.02. The van der Waals surface area contributed by atoms with Gasteiger partial charge in [0.2, 0.25) is 0 Å². The van der Waals surface area contributed by atoms with Gasteiger partial charge in [0.15, 0.2) is 5.69 Å². The first kappa shape index (κ1) is 14.0. The maximum atomic E-state index is 12.1. The second-order valence-corrected chi connectivity index (χ2v) is 4.95. The minimum absolute atomic E-state index is 0.220. The molecule has 0 atom stereocenters. The number of fused-ring (bicyclic) bond motifs is 1. The number of carbonyl (C=O) groups is 1. The predicted molar refractivity (Wildman–Crippen MR) is 80.8 cm³/mol. The van der Waals surface area contributed by atoms with Crippen LogP contribution in [-0.2, 0) is 6.42 Å². The van der Waals surface area contributed by atoms with Crippen LogP contribution >= 0.6 is 0 Å². The molecule has 2 N–H and O–H groups in total. The van der Waals surface area contributed by atoms with Gasteiger partial charge in [-0.1, -0.05) is 6.07 Å². The van der Waals surface area contributed by atoms with E-state index in [1.807, 2.05) is 18.2 Å². The van der Waals surface area contributed by atoms with Gasteiger partial charge < -0.3 is 10.3 Å². The van der Waals surface area contributed by atoms with Crippen LogP contribution in [0.4, 0.5) is 0 Å². The second kappa shape index (κ2) is 5.80. The standard InChI is InChI=1S/C15H15N5O2/c1-10-9-20-13(15(22)18-10)8-12(19-20)14(21)17-7-5-11-4-2-3-6-16-11/h2-4,6,8-9H,5,7H2,1H3,(H,17,21)(H,18,22). The first-order chi connectivity index (χ1) is 10.6. The molecule has 7 nitrogen and oxygen atoms in total. The molecule has 3 aromatic rings. The van der Waals surface area contributed by atoms with Crippen molar-refractivity contribution in [2.24, 2.45) is 0 Å². The molecule has 0 aliphatic heterocycles. The lowest BCUT2D eigenvalue weighted by Crippen LogP contribution is -2.26. The summed E-state index contributed by atoms with van der Waals surface area (Å²) >= 11 is 0. The van der Waals surface area contributed by atoms with Crippen molar-refractivity contribution >= 4 is 11.4 Å².